The quantitative estimate of drug-likeness (QED) is 0.577. The zero-order chi connectivity index (χ0) is 9.30. The molecule has 1 heterocycles. The van der Waals surface area contributed by atoms with Crippen LogP contribution in [0.4, 0.5) is 4.79 Å². The number of hydrogen-bond acceptors (Lipinski definition) is 2. The number of carbonyl (C=O) groups is 2. The summed E-state index contributed by atoms with van der Waals surface area (Å²) in [5, 5.41) is 8.66. The highest BCUT2D eigenvalue weighted by atomic mass is 16.4. The summed E-state index contributed by atoms with van der Waals surface area (Å²) in [6.45, 7) is 2.11. The van der Waals surface area contributed by atoms with E-state index in [9.17, 15) is 9.59 Å². The number of carboxylic acid groups (broad SMARTS) is 1. The Morgan fingerprint density at radius 2 is 2.17 bits per heavy atom. The first-order chi connectivity index (χ1) is 5.54. The number of rotatable bonds is 1. The van der Waals surface area contributed by atoms with Gasteiger partial charge in [0.1, 0.15) is 0 Å². The van der Waals surface area contributed by atoms with Gasteiger partial charge in [-0.1, -0.05) is 0 Å². The highest BCUT2D eigenvalue weighted by molar-refractivity contribution is 5.79. The van der Waals surface area contributed by atoms with E-state index in [-0.39, 0.29) is 12.0 Å². The predicted octanol–water partition coefficient (Wildman–Crippen LogP) is -0.140. The summed E-state index contributed by atoms with van der Waals surface area (Å²) < 4.78 is 0. The molecule has 1 aliphatic heterocycles. The minimum Gasteiger partial charge on any atom is -0.465 e. The molecule has 5 nitrogen and oxygen atoms in total. The molecule has 0 unspecified atom stereocenters. The Bertz CT molecular complexity index is 195. The summed E-state index contributed by atoms with van der Waals surface area (Å²) in [7, 11) is 0. The minimum atomic E-state index is -0.980. The summed E-state index contributed by atoms with van der Waals surface area (Å²) in [4.78, 5) is 22.6. The van der Waals surface area contributed by atoms with E-state index in [1.54, 1.807) is 6.92 Å². The Morgan fingerprint density at radius 3 is 2.42 bits per heavy atom. The van der Waals surface area contributed by atoms with Gasteiger partial charge in [0.25, 0.3) is 0 Å². The molecule has 0 aromatic heterocycles. The SMILES string of the molecule is C[C@@H]1[C@H](C(N)=O)CCN1C(=O)O. The maximum Gasteiger partial charge on any atom is 0.407 e. The number of amides is 2. The normalized spacial score (nSPS) is 28.9. The van der Waals surface area contributed by atoms with Crippen molar-refractivity contribution >= 4 is 12.0 Å². The summed E-state index contributed by atoms with van der Waals surface area (Å²) >= 11 is 0. The molecule has 0 saturated carbocycles. The van der Waals surface area contributed by atoms with Gasteiger partial charge >= 0.3 is 6.09 Å². The van der Waals surface area contributed by atoms with E-state index in [1.807, 2.05) is 0 Å². The van der Waals surface area contributed by atoms with Crippen LogP contribution in [0.15, 0.2) is 0 Å². The topological polar surface area (TPSA) is 83.6 Å². The molecular formula is C7H12N2O3. The van der Waals surface area contributed by atoms with Crippen molar-refractivity contribution in [3.8, 4) is 0 Å². The van der Waals surface area contributed by atoms with Crippen molar-refractivity contribution in [1.82, 2.24) is 4.90 Å². The number of primary amides is 1. The summed E-state index contributed by atoms with van der Waals surface area (Å²) in [5.41, 5.74) is 5.09. The van der Waals surface area contributed by atoms with Crippen molar-refractivity contribution in [2.24, 2.45) is 11.7 Å². The van der Waals surface area contributed by atoms with Gasteiger partial charge in [0.15, 0.2) is 0 Å². The average Bonchev–Trinajstić information content (AvgIpc) is 2.30. The molecule has 12 heavy (non-hydrogen) atoms. The lowest BCUT2D eigenvalue weighted by molar-refractivity contribution is -0.122. The van der Waals surface area contributed by atoms with Gasteiger partial charge in [0, 0.05) is 12.6 Å². The third-order valence-corrected chi connectivity index (χ3v) is 2.37. The Morgan fingerprint density at radius 1 is 1.58 bits per heavy atom. The Labute approximate surface area is 70.1 Å². The molecule has 2 atom stereocenters. The fourth-order valence-corrected chi connectivity index (χ4v) is 1.59. The molecule has 0 spiro atoms. The molecule has 0 aliphatic carbocycles. The standard InChI is InChI=1S/C7H12N2O3/c1-4-5(6(8)10)2-3-9(4)7(11)12/h4-5H,2-3H2,1H3,(H2,8,10)(H,11,12)/t4-,5-/m1/s1. The zero-order valence-corrected chi connectivity index (χ0v) is 6.86. The lowest BCUT2D eigenvalue weighted by Gasteiger charge is -2.19. The molecule has 1 fully saturated rings. The lowest BCUT2D eigenvalue weighted by atomic mass is 10.0. The van der Waals surface area contributed by atoms with Crippen molar-refractivity contribution in [3.05, 3.63) is 0 Å². The van der Waals surface area contributed by atoms with Gasteiger partial charge in [0.2, 0.25) is 5.91 Å². The van der Waals surface area contributed by atoms with Crippen LogP contribution in [0.1, 0.15) is 13.3 Å². The summed E-state index contributed by atoms with van der Waals surface area (Å²) in [6, 6.07) is -0.278. The smallest absolute Gasteiger partial charge is 0.407 e. The zero-order valence-electron chi connectivity index (χ0n) is 6.86. The lowest BCUT2D eigenvalue weighted by Crippen LogP contribution is -2.38. The van der Waals surface area contributed by atoms with E-state index < -0.39 is 12.0 Å². The molecular weight excluding hydrogens is 160 g/mol. The van der Waals surface area contributed by atoms with Gasteiger partial charge < -0.3 is 15.7 Å². The van der Waals surface area contributed by atoms with Crippen LogP contribution in [-0.2, 0) is 4.79 Å². The first-order valence-corrected chi connectivity index (χ1v) is 3.83. The molecule has 0 aromatic carbocycles. The first kappa shape index (κ1) is 8.83. The van der Waals surface area contributed by atoms with E-state index in [1.165, 1.54) is 4.90 Å². The molecule has 3 N–H and O–H groups in total. The molecule has 5 heteroatoms. The van der Waals surface area contributed by atoms with Crippen LogP contribution in [0.25, 0.3) is 0 Å². The number of nitrogens with zero attached hydrogens (tertiary/aromatic N) is 1. The minimum absolute atomic E-state index is 0.278. The van der Waals surface area contributed by atoms with Crippen molar-refractivity contribution < 1.29 is 14.7 Å². The Hall–Kier alpha value is -1.26. The van der Waals surface area contributed by atoms with Crippen molar-refractivity contribution in [2.75, 3.05) is 6.54 Å². The molecule has 1 saturated heterocycles. The van der Waals surface area contributed by atoms with Crippen LogP contribution in [-0.4, -0.2) is 34.6 Å². The molecule has 1 aliphatic rings. The van der Waals surface area contributed by atoms with Crippen LogP contribution < -0.4 is 5.73 Å². The summed E-state index contributed by atoms with van der Waals surface area (Å²) in [6.07, 6.45) is -0.436. The Kier molecular flexibility index (Phi) is 2.21. The van der Waals surface area contributed by atoms with Gasteiger partial charge in [-0.3, -0.25) is 4.79 Å². The van der Waals surface area contributed by atoms with Crippen LogP contribution >= 0.6 is 0 Å². The molecule has 68 valence electrons. The van der Waals surface area contributed by atoms with Crippen LogP contribution in [0.2, 0.25) is 0 Å². The number of hydrogen-bond donors (Lipinski definition) is 2. The van der Waals surface area contributed by atoms with Gasteiger partial charge in [-0.2, -0.15) is 0 Å². The highest BCUT2D eigenvalue weighted by Gasteiger charge is 2.36. The van der Waals surface area contributed by atoms with Gasteiger partial charge in [-0.15, -0.1) is 0 Å². The molecule has 0 aromatic rings. The molecule has 0 radical (unpaired) electrons. The maximum absolute atomic E-state index is 10.8. The van der Waals surface area contributed by atoms with Crippen molar-refractivity contribution in [2.45, 2.75) is 19.4 Å². The number of likely N-dealkylation sites (tertiary alicyclic amines) is 1. The van der Waals surface area contributed by atoms with E-state index in [2.05, 4.69) is 0 Å². The number of carbonyl (C=O) groups excluding carboxylic acids is 1. The molecule has 1 rings (SSSR count). The second kappa shape index (κ2) is 3.00. The average molecular weight is 172 g/mol. The van der Waals surface area contributed by atoms with Crippen molar-refractivity contribution in [1.29, 1.82) is 0 Å². The Balaban J connectivity index is 2.67. The molecule has 0 bridgehead atoms. The van der Waals surface area contributed by atoms with E-state index >= 15 is 0 Å². The van der Waals surface area contributed by atoms with Crippen LogP contribution in [0, 0.1) is 5.92 Å². The maximum atomic E-state index is 10.8. The third-order valence-electron chi connectivity index (χ3n) is 2.37. The second-order valence-corrected chi connectivity index (χ2v) is 3.01. The van der Waals surface area contributed by atoms with Crippen molar-refractivity contribution in [3.63, 3.8) is 0 Å². The monoisotopic (exact) mass is 172 g/mol. The van der Waals surface area contributed by atoms with Gasteiger partial charge in [-0.05, 0) is 13.3 Å². The fourth-order valence-electron chi connectivity index (χ4n) is 1.59. The second-order valence-electron chi connectivity index (χ2n) is 3.01. The number of nitrogens with two attached hydrogens (primary N) is 1. The van der Waals surface area contributed by atoms with Gasteiger partial charge in [-0.25, -0.2) is 4.79 Å². The van der Waals surface area contributed by atoms with Crippen LogP contribution in [0.3, 0.4) is 0 Å². The highest BCUT2D eigenvalue weighted by Crippen LogP contribution is 2.23. The predicted molar refractivity (Wildman–Crippen MR) is 41.5 cm³/mol. The fraction of sp³-hybridized carbons (Fsp3) is 0.714. The first-order valence-electron chi connectivity index (χ1n) is 3.83. The van der Waals surface area contributed by atoms with Crippen LogP contribution in [0.5, 0.6) is 0 Å². The molecule has 2 amide bonds. The van der Waals surface area contributed by atoms with E-state index in [0.717, 1.165) is 0 Å². The van der Waals surface area contributed by atoms with Gasteiger partial charge in [0.05, 0.1) is 5.92 Å². The third kappa shape index (κ3) is 1.34. The van der Waals surface area contributed by atoms with E-state index in [4.69, 9.17) is 10.8 Å². The summed E-state index contributed by atoms with van der Waals surface area (Å²) in [5.74, 6) is -0.729. The largest absolute Gasteiger partial charge is 0.465 e. The van der Waals surface area contributed by atoms with E-state index in [0.29, 0.717) is 13.0 Å².